The van der Waals surface area contributed by atoms with E-state index in [0.29, 0.717) is 6.04 Å². The van der Waals surface area contributed by atoms with E-state index < -0.39 is 0 Å². The Labute approximate surface area is 129 Å². The van der Waals surface area contributed by atoms with Gasteiger partial charge in [0.2, 0.25) is 0 Å². The standard InChI is InChI=1S/C19H28N2/c1-4-14-21(6-3)15-19(20-5-2)18-13-9-11-16-10-7-8-12-17(16)18/h7-13,19-20H,4-6,14-15H2,1-3H3. The second-order valence-corrected chi connectivity index (χ2v) is 5.57. The maximum Gasteiger partial charge on any atom is 0.0455 e. The third-order valence-electron chi connectivity index (χ3n) is 4.08. The fraction of sp³-hybridized carbons (Fsp3) is 0.474. The first-order valence-corrected chi connectivity index (χ1v) is 8.23. The molecule has 0 radical (unpaired) electrons. The van der Waals surface area contributed by atoms with Crippen molar-refractivity contribution in [3.63, 3.8) is 0 Å². The summed E-state index contributed by atoms with van der Waals surface area (Å²) in [5, 5.41) is 6.38. The highest BCUT2D eigenvalue weighted by Gasteiger charge is 2.16. The highest BCUT2D eigenvalue weighted by atomic mass is 15.1. The van der Waals surface area contributed by atoms with Gasteiger partial charge in [-0.05, 0) is 42.4 Å². The van der Waals surface area contributed by atoms with Crippen LogP contribution in [-0.2, 0) is 0 Å². The Morgan fingerprint density at radius 1 is 1.00 bits per heavy atom. The first kappa shape index (κ1) is 16.0. The van der Waals surface area contributed by atoms with E-state index >= 15 is 0 Å². The maximum atomic E-state index is 3.67. The summed E-state index contributed by atoms with van der Waals surface area (Å²) in [5.74, 6) is 0. The van der Waals surface area contributed by atoms with Crippen molar-refractivity contribution < 1.29 is 0 Å². The maximum absolute atomic E-state index is 3.67. The molecule has 114 valence electrons. The van der Waals surface area contributed by atoms with Crippen LogP contribution in [0.15, 0.2) is 42.5 Å². The van der Waals surface area contributed by atoms with Gasteiger partial charge < -0.3 is 10.2 Å². The second-order valence-electron chi connectivity index (χ2n) is 5.57. The Hall–Kier alpha value is -1.38. The molecule has 0 aromatic heterocycles. The molecular weight excluding hydrogens is 256 g/mol. The topological polar surface area (TPSA) is 15.3 Å². The van der Waals surface area contributed by atoms with E-state index in [1.54, 1.807) is 0 Å². The normalized spacial score (nSPS) is 13.0. The molecule has 2 aromatic rings. The first-order chi connectivity index (χ1) is 10.3. The molecule has 2 heteroatoms. The van der Waals surface area contributed by atoms with Gasteiger partial charge in [0, 0.05) is 12.6 Å². The Kier molecular flexibility index (Phi) is 6.21. The number of hydrogen-bond acceptors (Lipinski definition) is 2. The molecular formula is C19H28N2. The minimum Gasteiger partial charge on any atom is -0.309 e. The number of nitrogens with zero attached hydrogens (tertiary/aromatic N) is 1. The van der Waals surface area contributed by atoms with Crippen LogP contribution in [0, 0.1) is 0 Å². The van der Waals surface area contributed by atoms with Crippen molar-refractivity contribution in [1.29, 1.82) is 0 Å². The van der Waals surface area contributed by atoms with E-state index in [4.69, 9.17) is 0 Å². The van der Waals surface area contributed by atoms with Crippen molar-refractivity contribution in [3.05, 3.63) is 48.0 Å². The lowest BCUT2D eigenvalue weighted by Gasteiger charge is -2.28. The Balaban J connectivity index is 2.31. The van der Waals surface area contributed by atoms with Crippen molar-refractivity contribution in [1.82, 2.24) is 10.2 Å². The minimum absolute atomic E-state index is 0.396. The van der Waals surface area contributed by atoms with Gasteiger partial charge in [-0.2, -0.15) is 0 Å². The Morgan fingerprint density at radius 2 is 1.76 bits per heavy atom. The van der Waals surface area contributed by atoms with Crippen molar-refractivity contribution in [3.8, 4) is 0 Å². The van der Waals surface area contributed by atoms with Gasteiger partial charge >= 0.3 is 0 Å². The van der Waals surface area contributed by atoms with Gasteiger partial charge in [-0.1, -0.05) is 63.2 Å². The zero-order chi connectivity index (χ0) is 15.1. The summed E-state index contributed by atoms with van der Waals surface area (Å²) in [4.78, 5) is 2.54. The van der Waals surface area contributed by atoms with Gasteiger partial charge in [0.15, 0.2) is 0 Å². The first-order valence-electron chi connectivity index (χ1n) is 8.23. The fourth-order valence-electron chi connectivity index (χ4n) is 3.03. The van der Waals surface area contributed by atoms with Crippen LogP contribution in [0.5, 0.6) is 0 Å². The molecule has 0 saturated carbocycles. The molecule has 0 aliphatic carbocycles. The molecule has 0 amide bonds. The molecule has 2 aromatic carbocycles. The lowest BCUT2D eigenvalue weighted by molar-refractivity contribution is 0.256. The number of fused-ring (bicyclic) bond motifs is 1. The molecule has 0 heterocycles. The average molecular weight is 284 g/mol. The third-order valence-corrected chi connectivity index (χ3v) is 4.08. The number of rotatable bonds is 8. The number of benzene rings is 2. The van der Waals surface area contributed by atoms with E-state index in [2.05, 4.69) is 73.5 Å². The van der Waals surface area contributed by atoms with Crippen LogP contribution in [0.2, 0.25) is 0 Å². The lowest BCUT2D eigenvalue weighted by Crippen LogP contribution is -2.35. The monoisotopic (exact) mass is 284 g/mol. The summed E-state index contributed by atoms with van der Waals surface area (Å²) < 4.78 is 0. The fourth-order valence-corrected chi connectivity index (χ4v) is 3.03. The zero-order valence-corrected chi connectivity index (χ0v) is 13.6. The van der Waals surface area contributed by atoms with Crippen LogP contribution in [0.1, 0.15) is 38.8 Å². The number of likely N-dealkylation sites (N-methyl/N-ethyl adjacent to an activating group) is 2. The van der Waals surface area contributed by atoms with Crippen LogP contribution in [-0.4, -0.2) is 31.1 Å². The van der Waals surface area contributed by atoms with Gasteiger partial charge in [-0.15, -0.1) is 0 Å². The molecule has 1 N–H and O–H groups in total. The van der Waals surface area contributed by atoms with Crippen LogP contribution in [0.3, 0.4) is 0 Å². The lowest BCUT2D eigenvalue weighted by atomic mass is 9.98. The summed E-state index contributed by atoms with van der Waals surface area (Å²) in [6, 6.07) is 15.7. The quantitative estimate of drug-likeness (QED) is 0.780. The molecule has 21 heavy (non-hydrogen) atoms. The average Bonchev–Trinajstić information content (AvgIpc) is 2.53. The van der Waals surface area contributed by atoms with E-state index in [9.17, 15) is 0 Å². The van der Waals surface area contributed by atoms with Crippen molar-refractivity contribution >= 4 is 10.8 Å². The van der Waals surface area contributed by atoms with Gasteiger partial charge in [0.1, 0.15) is 0 Å². The molecule has 1 atom stereocenters. The molecule has 0 aliphatic heterocycles. The molecule has 0 bridgehead atoms. The second kappa shape index (κ2) is 8.16. The summed E-state index contributed by atoms with van der Waals surface area (Å²) >= 11 is 0. The van der Waals surface area contributed by atoms with E-state index in [-0.39, 0.29) is 0 Å². The highest BCUT2D eigenvalue weighted by Crippen LogP contribution is 2.25. The molecule has 0 aliphatic rings. The Morgan fingerprint density at radius 3 is 2.48 bits per heavy atom. The van der Waals surface area contributed by atoms with Crippen LogP contribution in [0.4, 0.5) is 0 Å². The van der Waals surface area contributed by atoms with E-state index in [1.165, 1.54) is 29.3 Å². The third kappa shape index (κ3) is 4.05. The number of nitrogens with one attached hydrogen (secondary N) is 1. The summed E-state index contributed by atoms with van der Waals surface area (Å²) in [6.07, 6.45) is 1.21. The van der Waals surface area contributed by atoms with Gasteiger partial charge in [-0.3, -0.25) is 0 Å². The van der Waals surface area contributed by atoms with E-state index in [0.717, 1.165) is 19.6 Å². The molecule has 0 spiro atoms. The SMILES string of the molecule is CCCN(CC)CC(NCC)c1cccc2ccccc12. The van der Waals surface area contributed by atoms with Gasteiger partial charge in [0.05, 0.1) is 0 Å². The largest absolute Gasteiger partial charge is 0.309 e. The molecule has 2 nitrogen and oxygen atoms in total. The molecule has 0 fully saturated rings. The van der Waals surface area contributed by atoms with E-state index in [1.807, 2.05) is 0 Å². The smallest absolute Gasteiger partial charge is 0.0455 e. The number of hydrogen-bond donors (Lipinski definition) is 1. The van der Waals surface area contributed by atoms with Gasteiger partial charge in [-0.25, -0.2) is 0 Å². The predicted octanol–water partition coefficient (Wildman–Crippen LogP) is 4.22. The zero-order valence-electron chi connectivity index (χ0n) is 13.6. The minimum atomic E-state index is 0.396. The van der Waals surface area contributed by atoms with Crippen LogP contribution in [0.25, 0.3) is 10.8 Å². The summed E-state index contributed by atoms with van der Waals surface area (Å²) in [7, 11) is 0. The van der Waals surface area contributed by atoms with Gasteiger partial charge in [0.25, 0.3) is 0 Å². The molecule has 2 rings (SSSR count). The van der Waals surface area contributed by atoms with Crippen LogP contribution < -0.4 is 5.32 Å². The highest BCUT2D eigenvalue weighted by molar-refractivity contribution is 5.86. The predicted molar refractivity (Wildman–Crippen MR) is 92.8 cm³/mol. The van der Waals surface area contributed by atoms with Crippen LogP contribution >= 0.6 is 0 Å². The van der Waals surface area contributed by atoms with Crippen molar-refractivity contribution in [2.24, 2.45) is 0 Å². The Bertz CT molecular complexity index is 545. The van der Waals surface area contributed by atoms with Crippen molar-refractivity contribution in [2.75, 3.05) is 26.2 Å². The van der Waals surface area contributed by atoms with Crippen molar-refractivity contribution in [2.45, 2.75) is 33.2 Å². The summed E-state index contributed by atoms with van der Waals surface area (Å²) in [5.41, 5.74) is 1.42. The molecule has 1 unspecified atom stereocenters. The summed E-state index contributed by atoms with van der Waals surface area (Å²) in [6.45, 7) is 11.0. The molecule has 0 saturated heterocycles.